The zero-order valence-corrected chi connectivity index (χ0v) is 18.7. The first-order valence-electron chi connectivity index (χ1n) is 10.9. The van der Waals surface area contributed by atoms with Crippen LogP contribution in [0.1, 0.15) is 21.5 Å². The van der Waals surface area contributed by atoms with Gasteiger partial charge in [0.2, 0.25) is 0 Å². The Morgan fingerprint density at radius 3 is 2.65 bits per heavy atom. The average Bonchev–Trinajstić information content (AvgIpc) is 2.89. The van der Waals surface area contributed by atoms with Crippen molar-refractivity contribution in [3.8, 4) is 17.6 Å². The number of hydrogen-bond acceptors (Lipinski definition) is 8. The van der Waals surface area contributed by atoms with Crippen LogP contribution in [0.5, 0.6) is 11.5 Å². The van der Waals surface area contributed by atoms with Crippen molar-refractivity contribution in [1.82, 2.24) is 20.1 Å². The summed E-state index contributed by atoms with van der Waals surface area (Å²) in [4.78, 5) is 32.8. The Kier molecular flexibility index (Phi) is 7.03. The summed E-state index contributed by atoms with van der Waals surface area (Å²) < 4.78 is 11.3. The third-order valence-electron chi connectivity index (χ3n) is 5.52. The van der Waals surface area contributed by atoms with E-state index in [1.165, 1.54) is 6.20 Å². The molecule has 0 radical (unpaired) electrons. The first-order valence-corrected chi connectivity index (χ1v) is 10.9. The van der Waals surface area contributed by atoms with Crippen LogP contribution >= 0.6 is 0 Å². The molecule has 0 atom stereocenters. The van der Waals surface area contributed by atoms with Gasteiger partial charge in [-0.1, -0.05) is 6.07 Å². The van der Waals surface area contributed by atoms with Crippen LogP contribution in [-0.2, 0) is 0 Å². The molecule has 4 rings (SSSR count). The molecule has 174 valence electrons. The number of piperazine rings is 1. The second kappa shape index (κ2) is 10.5. The maximum atomic E-state index is 13.0. The Morgan fingerprint density at radius 1 is 1.12 bits per heavy atom. The number of anilines is 1. The van der Waals surface area contributed by atoms with Crippen LogP contribution in [0.2, 0.25) is 0 Å². The minimum absolute atomic E-state index is 0.0562. The van der Waals surface area contributed by atoms with Gasteiger partial charge in [-0.05, 0) is 37.3 Å². The molecule has 2 aromatic heterocycles. The van der Waals surface area contributed by atoms with Crippen LogP contribution < -0.4 is 19.9 Å². The van der Waals surface area contributed by atoms with Crippen molar-refractivity contribution in [2.45, 2.75) is 6.92 Å². The number of nitriles is 1. The number of aromatic nitrogens is 3. The van der Waals surface area contributed by atoms with Gasteiger partial charge in [-0.25, -0.2) is 10.1 Å². The summed E-state index contributed by atoms with van der Waals surface area (Å²) in [6.07, 6.45) is 3.01. The third kappa shape index (κ3) is 5.32. The number of benzene rings is 1. The second-order valence-corrected chi connectivity index (χ2v) is 7.71. The normalized spacial score (nSPS) is 13.3. The third-order valence-corrected chi connectivity index (χ3v) is 5.52. The molecule has 1 aliphatic heterocycles. The highest BCUT2D eigenvalue weighted by atomic mass is 16.5. The Bertz CT molecular complexity index is 1240. The van der Waals surface area contributed by atoms with E-state index in [-0.39, 0.29) is 24.7 Å². The maximum Gasteiger partial charge on any atom is 0.270 e. The molecule has 1 aliphatic rings. The summed E-state index contributed by atoms with van der Waals surface area (Å²) in [5, 5.41) is 15.0. The first kappa shape index (κ1) is 22.8. The molecule has 3 aromatic rings. The molecule has 0 aliphatic carbocycles. The molecule has 0 bridgehead atoms. The summed E-state index contributed by atoms with van der Waals surface area (Å²) >= 11 is 0. The highest BCUT2D eigenvalue weighted by Gasteiger charge is 2.23. The molecule has 0 saturated carbocycles. The van der Waals surface area contributed by atoms with Crippen molar-refractivity contribution in [3.63, 3.8) is 0 Å². The van der Waals surface area contributed by atoms with E-state index in [0.717, 1.165) is 5.82 Å². The van der Waals surface area contributed by atoms with Gasteiger partial charge in [-0.2, -0.15) is 10.4 Å². The number of hydrogen-bond donors (Lipinski definition) is 1. The van der Waals surface area contributed by atoms with Crippen LogP contribution in [0.15, 0.2) is 53.6 Å². The summed E-state index contributed by atoms with van der Waals surface area (Å²) in [5.41, 5.74) is 1.24. The van der Waals surface area contributed by atoms with Crippen LogP contribution in [0.25, 0.3) is 0 Å². The number of amides is 1. The van der Waals surface area contributed by atoms with Gasteiger partial charge >= 0.3 is 0 Å². The fourth-order valence-electron chi connectivity index (χ4n) is 3.58. The smallest absolute Gasteiger partial charge is 0.270 e. The van der Waals surface area contributed by atoms with Crippen molar-refractivity contribution < 1.29 is 14.3 Å². The lowest BCUT2D eigenvalue weighted by atomic mass is 10.1. The molecule has 1 fully saturated rings. The minimum Gasteiger partial charge on any atom is -0.490 e. The van der Waals surface area contributed by atoms with Crippen molar-refractivity contribution in [2.24, 2.45) is 0 Å². The number of aromatic amines is 1. The number of ether oxygens (including phenoxy) is 2. The average molecular weight is 460 g/mol. The Hall–Kier alpha value is -4.39. The topological polar surface area (TPSA) is 124 Å². The Balaban J connectivity index is 1.28. The number of nitrogens with zero attached hydrogens (tertiary/aromatic N) is 5. The van der Waals surface area contributed by atoms with Gasteiger partial charge in [-0.15, -0.1) is 0 Å². The SMILES string of the molecule is Cc1c(OCCOc2cccc(C(=O)N3CCN(c4ccc(C#N)cn4)CC3)c2)cn[nH]c1=O. The van der Waals surface area contributed by atoms with E-state index in [0.29, 0.717) is 54.4 Å². The van der Waals surface area contributed by atoms with Crippen LogP contribution in [-0.4, -0.2) is 65.4 Å². The summed E-state index contributed by atoms with van der Waals surface area (Å²) in [6.45, 7) is 4.61. The van der Waals surface area contributed by atoms with Crippen molar-refractivity contribution >= 4 is 11.7 Å². The summed E-state index contributed by atoms with van der Waals surface area (Å²) in [6, 6.07) is 12.7. The molecular weight excluding hydrogens is 436 g/mol. The van der Waals surface area contributed by atoms with Crippen molar-refractivity contribution in [1.29, 1.82) is 5.26 Å². The number of carbonyl (C=O) groups is 1. The molecule has 0 spiro atoms. The molecule has 10 heteroatoms. The first-order chi connectivity index (χ1) is 16.5. The lowest BCUT2D eigenvalue weighted by Crippen LogP contribution is -2.49. The molecule has 1 amide bonds. The number of pyridine rings is 1. The molecule has 0 unspecified atom stereocenters. The lowest BCUT2D eigenvalue weighted by molar-refractivity contribution is 0.0746. The van der Waals surface area contributed by atoms with Gasteiger partial charge in [0.15, 0.2) is 0 Å². The Labute approximate surface area is 196 Å². The monoisotopic (exact) mass is 460 g/mol. The van der Waals surface area contributed by atoms with E-state index in [1.54, 1.807) is 43.5 Å². The highest BCUT2D eigenvalue weighted by Crippen LogP contribution is 2.18. The van der Waals surface area contributed by atoms with Gasteiger partial charge < -0.3 is 19.3 Å². The standard InChI is InChI=1S/C24H24N6O4/c1-17-21(16-27-28-23(17)31)34-12-11-33-20-4-2-3-19(13-20)24(32)30-9-7-29(8-10-30)22-6-5-18(14-25)15-26-22/h2-6,13,15-16H,7-12H2,1H3,(H,28,31). The minimum atomic E-state index is -0.293. The zero-order chi connectivity index (χ0) is 23.9. The fraction of sp³-hybridized carbons (Fsp3) is 0.292. The van der Waals surface area contributed by atoms with E-state index >= 15 is 0 Å². The molecule has 3 heterocycles. The highest BCUT2D eigenvalue weighted by molar-refractivity contribution is 5.94. The summed E-state index contributed by atoms with van der Waals surface area (Å²) in [5.74, 6) is 1.72. The number of nitrogens with one attached hydrogen (secondary N) is 1. The number of H-pyrrole nitrogens is 1. The molecule has 1 aromatic carbocycles. The predicted octanol–water partition coefficient (Wildman–Crippen LogP) is 1.77. The van der Waals surface area contributed by atoms with Crippen LogP contribution in [0, 0.1) is 18.3 Å². The van der Waals surface area contributed by atoms with Crippen LogP contribution in [0.3, 0.4) is 0 Å². The number of carbonyl (C=O) groups excluding carboxylic acids is 1. The van der Waals surface area contributed by atoms with E-state index < -0.39 is 0 Å². The van der Waals surface area contributed by atoms with E-state index in [2.05, 4.69) is 26.2 Å². The van der Waals surface area contributed by atoms with Gasteiger partial charge in [0.1, 0.15) is 36.6 Å². The largest absolute Gasteiger partial charge is 0.490 e. The Morgan fingerprint density at radius 2 is 1.91 bits per heavy atom. The van der Waals surface area contributed by atoms with Gasteiger partial charge in [0, 0.05) is 37.9 Å². The number of rotatable bonds is 7. The lowest BCUT2D eigenvalue weighted by Gasteiger charge is -2.35. The van der Waals surface area contributed by atoms with Crippen molar-refractivity contribution in [2.75, 3.05) is 44.3 Å². The molecule has 1 N–H and O–H groups in total. The van der Waals surface area contributed by atoms with E-state index in [1.807, 2.05) is 11.0 Å². The van der Waals surface area contributed by atoms with E-state index in [4.69, 9.17) is 14.7 Å². The summed E-state index contributed by atoms with van der Waals surface area (Å²) in [7, 11) is 0. The zero-order valence-electron chi connectivity index (χ0n) is 18.7. The van der Waals surface area contributed by atoms with Crippen molar-refractivity contribution in [3.05, 3.63) is 75.8 Å². The van der Waals surface area contributed by atoms with Gasteiger partial charge in [0.05, 0.1) is 17.3 Å². The second-order valence-electron chi connectivity index (χ2n) is 7.71. The van der Waals surface area contributed by atoms with E-state index in [9.17, 15) is 9.59 Å². The fourth-order valence-corrected chi connectivity index (χ4v) is 3.58. The molecule has 10 nitrogen and oxygen atoms in total. The van der Waals surface area contributed by atoms with Crippen LogP contribution in [0.4, 0.5) is 5.82 Å². The predicted molar refractivity (Wildman–Crippen MR) is 124 cm³/mol. The molecule has 1 saturated heterocycles. The van der Waals surface area contributed by atoms with Gasteiger partial charge in [-0.3, -0.25) is 9.59 Å². The molecular formula is C24H24N6O4. The quantitative estimate of drug-likeness (QED) is 0.529. The maximum absolute atomic E-state index is 13.0. The van der Waals surface area contributed by atoms with Gasteiger partial charge in [0.25, 0.3) is 11.5 Å². The molecule has 34 heavy (non-hydrogen) atoms.